The number of aromatic nitrogens is 1. The minimum atomic E-state index is -1.15. The van der Waals surface area contributed by atoms with E-state index in [2.05, 4.69) is 45.6 Å². The van der Waals surface area contributed by atoms with Gasteiger partial charge in [-0.1, -0.05) is 69.7 Å². The van der Waals surface area contributed by atoms with Crippen LogP contribution in [0.1, 0.15) is 40.0 Å². The molecule has 0 saturated heterocycles. The normalized spacial score (nSPS) is 19.0. The fourth-order valence-corrected chi connectivity index (χ4v) is 4.11. The SMILES string of the molecule is CCCC(C)C1(CC)C(=O)N=C([O-])NC1=O.[Na+].c1ccc2c(c1)cnc1ccccc12. The summed E-state index contributed by atoms with van der Waals surface area (Å²) in [6.45, 7) is 5.62. The maximum Gasteiger partial charge on any atom is 1.00 e. The maximum absolute atomic E-state index is 11.9. The second-order valence-electron chi connectivity index (χ2n) is 7.55. The second-order valence-corrected chi connectivity index (χ2v) is 7.55. The van der Waals surface area contributed by atoms with Gasteiger partial charge < -0.3 is 10.4 Å². The van der Waals surface area contributed by atoms with Crippen LogP contribution in [0.3, 0.4) is 0 Å². The van der Waals surface area contributed by atoms with Crippen LogP contribution in [0.5, 0.6) is 0 Å². The third-order valence-corrected chi connectivity index (χ3v) is 5.83. The van der Waals surface area contributed by atoms with E-state index >= 15 is 0 Å². The molecule has 2 aromatic carbocycles. The minimum absolute atomic E-state index is 0. The molecule has 0 aliphatic carbocycles. The van der Waals surface area contributed by atoms with Crippen LogP contribution in [0.2, 0.25) is 0 Å². The first-order valence-electron chi connectivity index (χ1n) is 10.3. The number of rotatable bonds is 4. The van der Waals surface area contributed by atoms with Crippen molar-refractivity contribution >= 4 is 39.5 Å². The van der Waals surface area contributed by atoms with Gasteiger partial charge in [-0.15, -0.1) is 0 Å². The number of para-hydroxylation sites is 1. The fourth-order valence-electron chi connectivity index (χ4n) is 4.11. The number of aliphatic imine (C=N–C) groups is 1. The van der Waals surface area contributed by atoms with Gasteiger partial charge in [0, 0.05) is 17.0 Å². The molecule has 7 heteroatoms. The Labute approximate surface area is 204 Å². The van der Waals surface area contributed by atoms with Crippen molar-refractivity contribution in [1.82, 2.24) is 10.3 Å². The molecule has 4 rings (SSSR count). The van der Waals surface area contributed by atoms with Crippen molar-refractivity contribution in [3.8, 4) is 0 Å². The number of carbonyl (C=O) groups excluding carboxylic acids is 2. The van der Waals surface area contributed by atoms with Crippen LogP contribution in [0.4, 0.5) is 0 Å². The summed E-state index contributed by atoms with van der Waals surface area (Å²) < 4.78 is 0. The summed E-state index contributed by atoms with van der Waals surface area (Å²) in [5, 5.41) is 16.8. The van der Waals surface area contributed by atoms with E-state index in [1.54, 1.807) is 6.92 Å². The summed E-state index contributed by atoms with van der Waals surface area (Å²) in [4.78, 5) is 31.5. The monoisotopic (exact) mass is 427 g/mol. The fraction of sp³-hybridized carbons (Fsp3) is 0.333. The number of hydrogen-bond acceptors (Lipinski definition) is 4. The van der Waals surface area contributed by atoms with Crippen LogP contribution < -0.4 is 40.0 Å². The first kappa shape index (κ1) is 25.0. The number of pyridine rings is 1. The van der Waals surface area contributed by atoms with Gasteiger partial charge in [0.15, 0.2) is 0 Å². The molecule has 0 spiro atoms. The largest absolute Gasteiger partial charge is 1.00 e. The molecule has 2 amide bonds. The zero-order valence-electron chi connectivity index (χ0n) is 18.5. The third kappa shape index (κ3) is 4.97. The van der Waals surface area contributed by atoms with Gasteiger partial charge >= 0.3 is 29.6 Å². The summed E-state index contributed by atoms with van der Waals surface area (Å²) >= 11 is 0. The molecular weight excluding hydrogens is 401 g/mol. The molecule has 0 saturated carbocycles. The van der Waals surface area contributed by atoms with Gasteiger partial charge in [0.1, 0.15) is 5.41 Å². The number of nitrogens with one attached hydrogen (secondary N) is 1. The van der Waals surface area contributed by atoms with Crippen LogP contribution >= 0.6 is 0 Å². The molecule has 0 fully saturated rings. The molecule has 2 atom stereocenters. The zero-order chi connectivity index (χ0) is 21.7. The number of amidine groups is 1. The van der Waals surface area contributed by atoms with Crippen molar-refractivity contribution in [3.63, 3.8) is 0 Å². The Morgan fingerprint density at radius 2 is 1.68 bits per heavy atom. The third-order valence-electron chi connectivity index (χ3n) is 5.83. The molecule has 0 bridgehead atoms. The van der Waals surface area contributed by atoms with Crippen molar-refractivity contribution in [2.24, 2.45) is 16.3 Å². The first-order valence-corrected chi connectivity index (χ1v) is 10.3. The van der Waals surface area contributed by atoms with Crippen LogP contribution in [0, 0.1) is 11.3 Å². The Balaban J connectivity index is 0.000000214. The quantitative estimate of drug-likeness (QED) is 0.375. The molecule has 1 aliphatic rings. The summed E-state index contributed by atoms with van der Waals surface area (Å²) in [6.07, 6.45) is 3.95. The van der Waals surface area contributed by atoms with Crippen LogP contribution in [-0.2, 0) is 9.59 Å². The average Bonchev–Trinajstić information content (AvgIpc) is 2.74. The van der Waals surface area contributed by atoms with E-state index in [1.165, 1.54) is 16.2 Å². The molecule has 0 radical (unpaired) electrons. The molecular formula is C24H26N3NaO3. The Morgan fingerprint density at radius 3 is 2.32 bits per heavy atom. The summed E-state index contributed by atoms with van der Waals surface area (Å²) in [7, 11) is 0. The molecule has 3 aromatic rings. The van der Waals surface area contributed by atoms with Crippen molar-refractivity contribution in [2.45, 2.75) is 40.0 Å². The number of nitrogens with zero attached hydrogens (tertiary/aromatic N) is 2. The Morgan fingerprint density at radius 1 is 1.03 bits per heavy atom. The van der Waals surface area contributed by atoms with E-state index in [-0.39, 0.29) is 35.5 Å². The van der Waals surface area contributed by atoms with Crippen molar-refractivity contribution in [2.75, 3.05) is 0 Å². The van der Waals surface area contributed by atoms with Crippen LogP contribution in [-0.4, -0.2) is 22.8 Å². The molecule has 31 heavy (non-hydrogen) atoms. The number of hydrogen-bond donors (Lipinski definition) is 1. The first-order chi connectivity index (χ1) is 14.4. The van der Waals surface area contributed by atoms with E-state index in [9.17, 15) is 14.7 Å². The summed E-state index contributed by atoms with van der Waals surface area (Å²) in [6, 6.07) is 15.7. The van der Waals surface area contributed by atoms with Crippen LogP contribution in [0.25, 0.3) is 21.7 Å². The van der Waals surface area contributed by atoms with E-state index < -0.39 is 23.3 Å². The molecule has 1 aromatic heterocycles. The van der Waals surface area contributed by atoms with Crippen molar-refractivity contribution < 1.29 is 44.3 Å². The predicted octanol–water partition coefficient (Wildman–Crippen LogP) is 0.584. The Hall–Kier alpha value is -2.28. The minimum Gasteiger partial charge on any atom is -0.846 e. The van der Waals surface area contributed by atoms with Gasteiger partial charge in [-0.05, 0) is 30.2 Å². The van der Waals surface area contributed by atoms with Gasteiger partial charge in [-0.2, -0.15) is 0 Å². The van der Waals surface area contributed by atoms with Gasteiger partial charge in [0.05, 0.1) is 11.5 Å². The maximum atomic E-state index is 11.9. The van der Waals surface area contributed by atoms with E-state index in [0.29, 0.717) is 6.42 Å². The molecule has 1 N–H and O–H groups in total. The van der Waals surface area contributed by atoms with Gasteiger partial charge in [0.2, 0.25) is 5.91 Å². The molecule has 2 heterocycles. The topological polar surface area (TPSA) is 94.5 Å². The molecule has 2 unspecified atom stereocenters. The molecule has 6 nitrogen and oxygen atoms in total. The van der Waals surface area contributed by atoms with Crippen molar-refractivity contribution in [1.29, 1.82) is 0 Å². The van der Waals surface area contributed by atoms with Gasteiger partial charge in [0.25, 0.3) is 5.91 Å². The van der Waals surface area contributed by atoms with E-state index in [0.717, 1.165) is 18.4 Å². The number of amides is 2. The Kier molecular flexibility index (Phi) is 8.74. The van der Waals surface area contributed by atoms with Gasteiger partial charge in [-0.3, -0.25) is 14.6 Å². The number of carbonyl (C=O) groups is 2. The standard InChI is InChI=1S/C13H9N.C11H18N2O3.Na/c1-2-6-11-10(5-1)9-14-13-8-4-3-7-12(11)13;1-4-6-7(3)11(5-2)8(14)12-10(16)13-9(11)15;/h1-9H;7H,4-6H2,1-3H3,(H2,12,13,14,15,16);/q;;+1/p-1. The van der Waals surface area contributed by atoms with Gasteiger partial charge in [-0.25, -0.2) is 4.99 Å². The van der Waals surface area contributed by atoms with E-state index in [4.69, 9.17) is 0 Å². The summed E-state index contributed by atoms with van der Waals surface area (Å²) in [5.41, 5.74) is -0.0876. The number of fused-ring (bicyclic) bond motifs is 3. The summed E-state index contributed by atoms with van der Waals surface area (Å²) in [5.74, 6) is -1.20. The Bertz CT molecular complexity index is 1060. The smallest absolute Gasteiger partial charge is 0.846 e. The van der Waals surface area contributed by atoms with Crippen molar-refractivity contribution in [3.05, 3.63) is 54.7 Å². The molecule has 1 aliphatic heterocycles. The second kappa shape index (κ2) is 10.8. The zero-order valence-corrected chi connectivity index (χ0v) is 20.5. The number of benzene rings is 2. The average molecular weight is 427 g/mol. The predicted molar refractivity (Wildman–Crippen MR) is 117 cm³/mol. The van der Waals surface area contributed by atoms with E-state index in [1.807, 2.05) is 38.2 Å². The van der Waals surface area contributed by atoms with Crippen LogP contribution in [0.15, 0.2) is 59.7 Å². The molecule has 156 valence electrons.